The second kappa shape index (κ2) is 9.00. The van der Waals surface area contributed by atoms with Crippen molar-refractivity contribution < 1.29 is 19.5 Å². The number of fused-ring (bicyclic) bond motifs is 1. The van der Waals surface area contributed by atoms with Crippen molar-refractivity contribution in [2.24, 2.45) is 0 Å². The van der Waals surface area contributed by atoms with Crippen molar-refractivity contribution >= 4 is 23.6 Å². The summed E-state index contributed by atoms with van der Waals surface area (Å²) in [4.78, 5) is 26.2. The first-order chi connectivity index (χ1) is 14.7. The molecule has 3 heterocycles. The van der Waals surface area contributed by atoms with E-state index in [9.17, 15) is 9.59 Å². The van der Waals surface area contributed by atoms with Gasteiger partial charge in [-0.3, -0.25) is 14.8 Å². The summed E-state index contributed by atoms with van der Waals surface area (Å²) in [5.41, 5.74) is 4.00. The van der Waals surface area contributed by atoms with Crippen LogP contribution >= 0.6 is 0 Å². The predicted molar refractivity (Wildman–Crippen MR) is 110 cm³/mol. The number of ether oxygens (including phenoxy) is 1. The van der Waals surface area contributed by atoms with Gasteiger partial charge in [0.05, 0.1) is 12.8 Å². The number of carbonyl (C=O) groups excluding carboxylic acids is 2. The van der Waals surface area contributed by atoms with E-state index < -0.39 is 5.91 Å². The molecule has 1 aromatic carbocycles. The summed E-state index contributed by atoms with van der Waals surface area (Å²) in [5.74, 6) is -0.156. The molecule has 1 aromatic heterocycles. The molecule has 30 heavy (non-hydrogen) atoms. The molecule has 9 nitrogen and oxygen atoms in total. The van der Waals surface area contributed by atoms with E-state index in [2.05, 4.69) is 15.3 Å². The lowest BCUT2D eigenvalue weighted by Crippen LogP contribution is -2.45. The fourth-order valence-electron chi connectivity index (χ4n) is 3.87. The molecule has 0 saturated carbocycles. The van der Waals surface area contributed by atoms with E-state index in [4.69, 9.17) is 9.94 Å². The molecule has 1 fully saturated rings. The number of anilines is 1. The molecule has 0 unspecified atom stereocenters. The smallest absolute Gasteiger partial charge is 0.267 e. The molecule has 3 N–H and O–H groups in total. The number of benzene rings is 1. The van der Waals surface area contributed by atoms with Gasteiger partial charge in [0.15, 0.2) is 0 Å². The lowest BCUT2D eigenvalue weighted by atomic mass is 10.0. The summed E-state index contributed by atoms with van der Waals surface area (Å²) >= 11 is 0. The minimum Gasteiger partial charge on any atom is -0.477 e. The van der Waals surface area contributed by atoms with Crippen LogP contribution in [0.15, 0.2) is 36.5 Å². The molecule has 2 aromatic rings. The first kappa shape index (κ1) is 20.0. The number of piperidine rings is 1. The van der Waals surface area contributed by atoms with Crippen LogP contribution in [0.1, 0.15) is 35.2 Å². The molecule has 0 aliphatic carbocycles. The Morgan fingerprint density at radius 1 is 1.20 bits per heavy atom. The van der Waals surface area contributed by atoms with Crippen LogP contribution in [0.4, 0.5) is 5.69 Å². The van der Waals surface area contributed by atoms with Gasteiger partial charge in [0.1, 0.15) is 5.56 Å². The molecule has 158 valence electrons. The minimum absolute atomic E-state index is 0.0794. The van der Waals surface area contributed by atoms with Crippen LogP contribution in [0, 0.1) is 0 Å². The Hall–Kier alpha value is -3.33. The van der Waals surface area contributed by atoms with Gasteiger partial charge in [0.25, 0.3) is 11.8 Å². The summed E-state index contributed by atoms with van der Waals surface area (Å²) in [6, 6.07) is 7.87. The number of para-hydroxylation sites is 1. The largest absolute Gasteiger partial charge is 0.477 e. The summed E-state index contributed by atoms with van der Waals surface area (Å²) in [7, 11) is 0. The predicted octanol–water partition coefficient (Wildman–Crippen LogP) is 1.58. The van der Waals surface area contributed by atoms with Gasteiger partial charge >= 0.3 is 0 Å². The zero-order chi connectivity index (χ0) is 20.9. The molecule has 0 atom stereocenters. The molecule has 0 spiro atoms. The average Bonchev–Trinajstić information content (AvgIpc) is 3.22. The minimum atomic E-state index is -0.572. The highest BCUT2D eigenvalue weighted by Crippen LogP contribution is 2.26. The molecule has 9 heteroatoms. The third-order valence-electron chi connectivity index (χ3n) is 5.42. The van der Waals surface area contributed by atoms with Gasteiger partial charge in [-0.1, -0.05) is 18.2 Å². The standard InChI is InChI=1S/C21H25N5O4/c27-19(24-29)7-6-15-4-1-2-5-18(15)25-11-8-16(9-12-25)23-20(28)17-14-22-26-10-3-13-30-21(17)26/h1-2,4-7,14,16,29H,3,8-13H2,(H,23,28)(H,24,27)/b7-6+. The Bertz CT molecular complexity index is 947. The number of hydrogen-bond acceptors (Lipinski definition) is 6. The van der Waals surface area contributed by atoms with Gasteiger partial charge in [0, 0.05) is 43.9 Å². The zero-order valence-corrected chi connectivity index (χ0v) is 16.6. The van der Waals surface area contributed by atoms with E-state index in [1.165, 1.54) is 6.08 Å². The molecule has 2 amide bonds. The van der Waals surface area contributed by atoms with Gasteiger partial charge in [0.2, 0.25) is 5.88 Å². The summed E-state index contributed by atoms with van der Waals surface area (Å²) in [5, 5.41) is 16.0. The van der Waals surface area contributed by atoms with E-state index in [-0.39, 0.29) is 11.9 Å². The maximum atomic E-state index is 12.7. The number of carbonyl (C=O) groups is 2. The monoisotopic (exact) mass is 411 g/mol. The number of nitrogens with zero attached hydrogens (tertiary/aromatic N) is 3. The number of aryl methyl sites for hydroxylation is 1. The van der Waals surface area contributed by atoms with E-state index >= 15 is 0 Å². The first-order valence-corrected chi connectivity index (χ1v) is 10.1. The maximum absolute atomic E-state index is 12.7. The second-order valence-corrected chi connectivity index (χ2v) is 7.39. The first-order valence-electron chi connectivity index (χ1n) is 10.1. The maximum Gasteiger partial charge on any atom is 0.267 e. The van der Waals surface area contributed by atoms with Crippen LogP contribution in [0.3, 0.4) is 0 Å². The Morgan fingerprint density at radius 3 is 2.80 bits per heavy atom. The van der Waals surface area contributed by atoms with Crippen molar-refractivity contribution in [3.63, 3.8) is 0 Å². The Balaban J connectivity index is 1.37. The van der Waals surface area contributed by atoms with Crippen LogP contribution in [0.25, 0.3) is 6.08 Å². The number of hydrogen-bond donors (Lipinski definition) is 3. The van der Waals surface area contributed by atoms with Gasteiger partial charge in [-0.25, -0.2) is 10.2 Å². The van der Waals surface area contributed by atoms with Gasteiger partial charge < -0.3 is 15.0 Å². The lowest BCUT2D eigenvalue weighted by Gasteiger charge is -2.34. The summed E-state index contributed by atoms with van der Waals surface area (Å²) in [6.07, 6.45) is 7.07. The summed E-state index contributed by atoms with van der Waals surface area (Å²) < 4.78 is 7.36. The third-order valence-corrected chi connectivity index (χ3v) is 5.42. The van der Waals surface area contributed by atoms with E-state index in [0.717, 1.165) is 50.1 Å². The molecular weight excluding hydrogens is 386 g/mol. The van der Waals surface area contributed by atoms with Crippen LogP contribution in [0.5, 0.6) is 5.88 Å². The van der Waals surface area contributed by atoms with E-state index in [0.29, 0.717) is 18.1 Å². The highest BCUT2D eigenvalue weighted by atomic mass is 16.5. The molecule has 2 aliphatic heterocycles. The SMILES string of the molecule is O=C(/C=C/c1ccccc1N1CCC(NC(=O)c2cnn3c2OCCC3)CC1)NO. The van der Waals surface area contributed by atoms with Gasteiger partial charge in [-0.2, -0.15) is 5.10 Å². The molecule has 0 bridgehead atoms. The Kier molecular flexibility index (Phi) is 5.99. The van der Waals surface area contributed by atoms with Crippen LogP contribution in [-0.2, 0) is 11.3 Å². The van der Waals surface area contributed by atoms with Crippen molar-refractivity contribution in [2.75, 3.05) is 24.6 Å². The van der Waals surface area contributed by atoms with Crippen molar-refractivity contribution in [2.45, 2.75) is 31.8 Å². The van der Waals surface area contributed by atoms with Gasteiger partial charge in [-0.05, 0) is 30.5 Å². The van der Waals surface area contributed by atoms with Crippen molar-refractivity contribution in [3.8, 4) is 5.88 Å². The van der Waals surface area contributed by atoms with Crippen molar-refractivity contribution in [3.05, 3.63) is 47.7 Å². The molecule has 0 radical (unpaired) electrons. The van der Waals surface area contributed by atoms with E-state index in [1.807, 2.05) is 24.3 Å². The second-order valence-electron chi connectivity index (χ2n) is 7.39. The van der Waals surface area contributed by atoms with Gasteiger partial charge in [-0.15, -0.1) is 0 Å². The number of nitrogens with one attached hydrogen (secondary N) is 2. The Morgan fingerprint density at radius 2 is 2.00 bits per heavy atom. The zero-order valence-electron chi connectivity index (χ0n) is 16.6. The number of aromatic nitrogens is 2. The van der Waals surface area contributed by atoms with Crippen molar-refractivity contribution in [1.29, 1.82) is 0 Å². The number of hydroxylamine groups is 1. The van der Waals surface area contributed by atoms with Crippen LogP contribution in [-0.4, -0.2) is 52.5 Å². The summed E-state index contributed by atoms with van der Waals surface area (Å²) in [6.45, 7) is 2.95. The topological polar surface area (TPSA) is 109 Å². The van der Waals surface area contributed by atoms with E-state index in [1.54, 1.807) is 22.4 Å². The van der Waals surface area contributed by atoms with Crippen LogP contribution < -0.4 is 20.4 Å². The number of amides is 2. The lowest BCUT2D eigenvalue weighted by molar-refractivity contribution is -0.124. The molecule has 4 rings (SSSR count). The fourth-order valence-corrected chi connectivity index (χ4v) is 3.87. The van der Waals surface area contributed by atoms with Crippen LogP contribution in [0.2, 0.25) is 0 Å². The normalized spacial score (nSPS) is 16.8. The van der Waals surface area contributed by atoms with Crippen molar-refractivity contribution in [1.82, 2.24) is 20.6 Å². The molecular formula is C21H25N5O4. The highest BCUT2D eigenvalue weighted by Gasteiger charge is 2.26. The number of rotatable bonds is 5. The third kappa shape index (κ3) is 4.30. The average molecular weight is 411 g/mol. The Labute approximate surface area is 174 Å². The highest BCUT2D eigenvalue weighted by molar-refractivity contribution is 5.96. The quantitative estimate of drug-likeness (QED) is 0.392. The molecule has 2 aliphatic rings. The molecule has 1 saturated heterocycles. The fraction of sp³-hybridized carbons (Fsp3) is 0.381.